The summed E-state index contributed by atoms with van der Waals surface area (Å²) >= 11 is 0. The number of likely N-dealkylation sites (tertiary alicyclic amines) is 1. The van der Waals surface area contributed by atoms with E-state index in [1.807, 2.05) is 57.2 Å². The van der Waals surface area contributed by atoms with Gasteiger partial charge in [0, 0.05) is 42.6 Å². The number of aromatic nitrogens is 3. The van der Waals surface area contributed by atoms with Gasteiger partial charge in [0.1, 0.15) is 19.3 Å². The molecule has 0 saturated carbocycles. The highest BCUT2D eigenvalue weighted by atomic mass is 32.2. The van der Waals surface area contributed by atoms with Gasteiger partial charge in [-0.05, 0) is 63.3 Å². The maximum Gasteiger partial charge on any atom is 0.410 e. The first-order valence-corrected chi connectivity index (χ1v) is 14.5. The van der Waals surface area contributed by atoms with Crippen LogP contribution in [0.4, 0.5) is 16.3 Å². The van der Waals surface area contributed by atoms with Crippen LogP contribution in [0.3, 0.4) is 0 Å². The fourth-order valence-electron chi connectivity index (χ4n) is 4.48. The first-order valence-electron chi connectivity index (χ1n) is 13.1. The largest absolute Gasteiger partial charge is 0.444 e. The van der Waals surface area contributed by atoms with Gasteiger partial charge in [-0.15, -0.1) is 0 Å². The van der Waals surface area contributed by atoms with Gasteiger partial charge in [-0.1, -0.05) is 30.3 Å². The van der Waals surface area contributed by atoms with Crippen LogP contribution in [0, 0.1) is 0 Å². The van der Waals surface area contributed by atoms with Crippen LogP contribution in [-0.4, -0.2) is 66.6 Å². The summed E-state index contributed by atoms with van der Waals surface area (Å²) < 4.78 is 36.0. The number of sulfonamides is 1. The molecular formula is C28H31BN6O4S. The standard InChI is InChI=1S/C28H31BN6O4S/c1-28(2,3)39-27(36)34-15-13-21(14-16-34)33-40(37,38)22-11-9-20(10-12-22)31-25-17-24(19-7-5-4-6-8-19)32-26-23(29)18-30-35(25)26/h4-12,17-18,21,31,33H,13-16H2,1-3H3. The molecule has 0 aliphatic carbocycles. The van der Waals surface area contributed by atoms with Gasteiger partial charge in [-0.2, -0.15) is 9.61 Å². The fourth-order valence-corrected chi connectivity index (χ4v) is 5.79. The van der Waals surface area contributed by atoms with Gasteiger partial charge in [-0.25, -0.2) is 22.9 Å². The van der Waals surface area contributed by atoms with Crippen molar-refractivity contribution in [2.24, 2.45) is 0 Å². The molecule has 5 rings (SSSR count). The molecule has 4 aromatic rings. The van der Waals surface area contributed by atoms with E-state index in [0.717, 1.165) is 11.3 Å². The highest BCUT2D eigenvalue weighted by molar-refractivity contribution is 7.89. The lowest BCUT2D eigenvalue weighted by Gasteiger charge is -2.33. The first kappa shape index (κ1) is 27.7. The molecule has 0 bridgehead atoms. The normalized spacial score (nSPS) is 14.8. The van der Waals surface area contributed by atoms with Crippen molar-refractivity contribution in [3.05, 3.63) is 66.9 Å². The second kappa shape index (κ2) is 10.9. The second-order valence-corrected chi connectivity index (χ2v) is 12.5. The van der Waals surface area contributed by atoms with Crippen LogP contribution in [0.25, 0.3) is 16.9 Å². The van der Waals surface area contributed by atoms with E-state index in [1.54, 1.807) is 39.9 Å². The summed E-state index contributed by atoms with van der Waals surface area (Å²) in [4.78, 5) is 18.7. The number of hydrogen-bond donors (Lipinski definition) is 2. The third kappa shape index (κ3) is 6.29. The lowest BCUT2D eigenvalue weighted by atomic mass is 10.0. The van der Waals surface area contributed by atoms with E-state index in [4.69, 9.17) is 12.6 Å². The Balaban J connectivity index is 1.27. The number of benzene rings is 2. The molecule has 12 heteroatoms. The minimum Gasteiger partial charge on any atom is -0.444 e. The first-order chi connectivity index (χ1) is 19.0. The van der Waals surface area contributed by atoms with E-state index in [2.05, 4.69) is 20.1 Å². The molecular weight excluding hydrogens is 527 g/mol. The topological polar surface area (TPSA) is 118 Å². The number of anilines is 2. The predicted octanol–water partition coefficient (Wildman–Crippen LogP) is 3.61. The molecule has 2 aromatic carbocycles. The molecule has 3 heterocycles. The van der Waals surface area contributed by atoms with E-state index in [1.165, 1.54) is 0 Å². The molecule has 2 aromatic heterocycles. The third-order valence-corrected chi connectivity index (χ3v) is 8.01. The van der Waals surface area contributed by atoms with Gasteiger partial charge in [0.2, 0.25) is 10.0 Å². The maximum absolute atomic E-state index is 13.1. The maximum atomic E-state index is 13.1. The molecule has 2 radical (unpaired) electrons. The molecule has 1 aliphatic rings. The lowest BCUT2D eigenvalue weighted by Crippen LogP contribution is -2.47. The zero-order valence-corrected chi connectivity index (χ0v) is 23.5. The SMILES string of the molecule is [B]c1cnn2c(Nc3ccc(S(=O)(=O)NC4CCN(C(=O)OC(C)(C)C)CC4)cc3)cc(-c3ccccc3)nc12. The fraction of sp³-hybridized carbons (Fsp3) is 0.321. The Morgan fingerprint density at radius 2 is 1.73 bits per heavy atom. The van der Waals surface area contributed by atoms with Gasteiger partial charge in [0.25, 0.3) is 0 Å². The summed E-state index contributed by atoms with van der Waals surface area (Å²) in [6, 6.07) is 17.8. The number of rotatable bonds is 6. The molecule has 0 spiro atoms. The van der Waals surface area contributed by atoms with E-state index in [9.17, 15) is 13.2 Å². The van der Waals surface area contributed by atoms with Crippen LogP contribution >= 0.6 is 0 Å². The van der Waals surface area contributed by atoms with Gasteiger partial charge in [0.15, 0.2) is 5.65 Å². The molecule has 1 saturated heterocycles. The minimum atomic E-state index is -3.75. The highest BCUT2D eigenvalue weighted by Crippen LogP contribution is 2.25. The average Bonchev–Trinajstić information content (AvgIpc) is 3.29. The predicted molar refractivity (Wildman–Crippen MR) is 155 cm³/mol. The van der Waals surface area contributed by atoms with E-state index in [-0.39, 0.29) is 17.0 Å². The molecule has 1 aliphatic heterocycles. The Morgan fingerprint density at radius 3 is 2.38 bits per heavy atom. The summed E-state index contributed by atoms with van der Waals surface area (Å²) in [6.45, 7) is 6.31. The van der Waals surface area contributed by atoms with E-state index < -0.39 is 15.6 Å². The van der Waals surface area contributed by atoms with Crippen LogP contribution in [0.1, 0.15) is 33.6 Å². The second-order valence-electron chi connectivity index (χ2n) is 10.7. The average molecular weight is 558 g/mol. The molecule has 40 heavy (non-hydrogen) atoms. The Kier molecular flexibility index (Phi) is 7.56. The summed E-state index contributed by atoms with van der Waals surface area (Å²) in [6.07, 6.45) is 2.18. The zero-order chi connectivity index (χ0) is 28.5. The molecule has 0 unspecified atom stereocenters. The number of amides is 1. The number of hydrogen-bond acceptors (Lipinski definition) is 7. The monoisotopic (exact) mass is 558 g/mol. The van der Waals surface area contributed by atoms with Crippen LogP contribution in [0.2, 0.25) is 0 Å². The molecule has 1 fully saturated rings. The van der Waals surface area contributed by atoms with Crippen molar-refractivity contribution in [1.29, 1.82) is 0 Å². The number of nitrogens with zero attached hydrogens (tertiary/aromatic N) is 4. The smallest absolute Gasteiger partial charge is 0.410 e. The van der Waals surface area contributed by atoms with Gasteiger partial charge in [0.05, 0.1) is 10.6 Å². The Labute approximate surface area is 235 Å². The number of piperidine rings is 1. The van der Waals surface area contributed by atoms with Crippen LogP contribution in [0.5, 0.6) is 0 Å². The molecule has 206 valence electrons. The van der Waals surface area contributed by atoms with Crippen LogP contribution in [-0.2, 0) is 14.8 Å². The van der Waals surface area contributed by atoms with Crippen molar-refractivity contribution >= 4 is 46.6 Å². The van der Waals surface area contributed by atoms with Gasteiger partial charge in [-0.3, -0.25) is 0 Å². The van der Waals surface area contributed by atoms with Crippen LogP contribution in [0.15, 0.2) is 71.8 Å². The van der Waals surface area contributed by atoms with E-state index in [0.29, 0.717) is 48.5 Å². The Hall–Kier alpha value is -3.90. The number of ether oxygens (including phenoxy) is 1. The van der Waals surface area contributed by atoms with Gasteiger partial charge >= 0.3 is 6.09 Å². The summed E-state index contributed by atoms with van der Waals surface area (Å²) in [5, 5.41) is 7.64. The summed E-state index contributed by atoms with van der Waals surface area (Å²) in [5.74, 6) is 0.631. The highest BCUT2D eigenvalue weighted by Gasteiger charge is 2.29. The lowest BCUT2D eigenvalue weighted by molar-refractivity contribution is 0.0203. The van der Waals surface area contributed by atoms with Crippen molar-refractivity contribution in [3.63, 3.8) is 0 Å². The third-order valence-electron chi connectivity index (χ3n) is 6.47. The van der Waals surface area contributed by atoms with Crippen molar-refractivity contribution in [1.82, 2.24) is 24.2 Å². The van der Waals surface area contributed by atoms with Crippen molar-refractivity contribution in [3.8, 4) is 11.3 Å². The van der Waals surface area contributed by atoms with Crippen molar-refractivity contribution in [2.45, 2.75) is 50.2 Å². The Bertz CT molecular complexity index is 1610. The zero-order valence-electron chi connectivity index (χ0n) is 22.7. The molecule has 10 nitrogen and oxygen atoms in total. The summed E-state index contributed by atoms with van der Waals surface area (Å²) in [5.41, 5.74) is 2.72. The number of fused-ring (bicyclic) bond motifs is 1. The number of nitrogens with one attached hydrogen (secondary N) is 2. The van der Waals surface area contributed by atoms with Crippen LogP contribution < -0.4 is 15.5 Å². The minimum absolute atomic E-state index is 0.154. The number of carbonyl (C=O) groups excluding carboxylic acids is 1. The van der Waals surface area contributed by atoms with Crippen molar-refractivity contribution in [2.75, 3.05) is 18.4 Å². The summed E-state index contributed by atoms with van der Waals surface area (Å²) in [7, 11) is 2.36. The number of carbonyl (C=O) groups is 1. The van der Waals surface area contributed by atoms with Crippen molar-refractivity contribution < 1.29 is 17.9 Å². The molecule has 1 amide bonds. The quantitative estimate of drug-likeness (QED) is 0.347. The molecule has 2 N–H and O–H groups in total. The van der Waals surface area contributed by atoms with E-state index >= 15 is 0 Å². The molecule has 0 atom stereocenters. The van der Waals surface area contributed by atoms with Gasteiger partial charge < -0.3 is 15.0 Å². The Morgan fingerprint density at radius 1 is 1.05 bits per heavy atom.